The van der Waals surface area contributed by atoms with Crippen LogP contribution in [-0.4, -0.2) is 63.0 Å². The average Bonchev–Trinajstić information content (AvgIpc) is 3.04. The van der Waals surface area contributed by atoms with Crippen LogP contribution in [-0.2, 0) is 14.3 Å². The monoisotopic (exact) mass is 342 g/mol. The number of carbonyl (C=O) groups is 1. The lowest BCUT2D eigenvalue weighted by atomic mass is 10.1. The van der Waals surface area contributed by atoms with Crippen molar-refractivity contribution in [2.45, 2.75) is 65.2 Å². The van der Waals surface area contributed by atoms with Crippen molar-refractivity contribution in [3.8, 4) is 0 Å². The van der Waals surface area contributed by atoms with E-state index in [1.54, 1.807) is 0 Å². The molecule has 0 spiro atoms. The van der Waals surface area contributed by atoms with E-state index < -0.39 is 0 Å². The molecule has 1 amide bonds. The van der Waals surface area contributed by atoms with Gasteiger partial charge in [0.1, 0.15) is 0 Å². The molecule has 0 radical (unpaired) electrons. The second kappa shape index (κ2) is 12.1. The van der Waals surface area contributed by atoms with Crippen molar-refractivity contribution in [3.05, 3.63) is 0 Å². The van der Waals surface area contributed by atoms with Crippen LogP contribution in [0, 0.1) is 0 Å². The Labute approximate surface area is 146 Å². The maximum atomic E-state index is 10.9. The zero-order valence-electron chi connectivity index (χ0n) is 15.6. The van der Waals surface area contributed by atoms with Crippen molar-refractivity contribution in [2.75, 3.05) is 32.8 Å². The van der Waals surface area contributed by atoms with Crippen LogP contribution in [0.15, 0.2) is 4.99 Å². The Bertz CT molecular complexity index is 382. The van der Waals surface area contributed by atoms with Crippen LogP contribution >= 0.6 is 0 Å². The quantitative estimate of drug-likeness (QED) is 0.314. The molecule has 1 fully saturated rings. The van der Waals surface area contributed by atoms with Crippen LogP contribution < -0.4 is 16.0 Å². The van der Waals surface area contributed by atoms with E-state index in [0.29, 0.717) is 26.2 Å². The standard InChI is InChI=1S/C17H34N4O3/c1-13(2)23-12-6-8-19-17(20-10-9-18-15(4)22)21-14(3)16-7-5-11-24-16/h13-14,16H,5-12H2,1-4H3,(H,18,22)(H2,19,20,21)/t14-,16+/m1/s1. The summed E-state index contributed by atoms with van der Waals surface area (Å²) < 4.78 is 11.3. The minimum atomic E-state index is -0.0261. The molecule has 0 aromatic heterocycles. The van der Waals surface area contributed by atoms with Crippen molar-refractivity contribution >= 4 is 11.9 Å². The SMILES string of the molecule is CC(=O)NCCNC(=NCCCOC(C)C)N[C@H](C)[C@@H]1CCCO1. The average molecular weight is 342 g/mol. The molecule has 1 heterocycles. The van der Waals surface area contributed by atoms with Gasteiger partial charge in [0.25, 0.3) is 0 Å². The number of carbonyl (C=O) groups excluding carboxylic acids is 1. The summed E-state index contributed by atoms with van der Waals surface area (Å²) in [4.78, 5) is 15.5. The minimum absolute atomic E-state index is 0.0261. The Morgan fingerprint density at radius 1 is 1.29 bits per heavy atom. The summed E-state index contributed by atoms with van der Waals surface area (Å²) >= 11 is 0. The Morgan fingerprint density at radius 2 is 2.04 bits per heavy atom. The number of amides is 1. The van der Waals surface area contributed by atoms with Gasteiger partial charge in [-0.2, -0.15) is 0 Å². The maximum absolute atomic E-state index is 10.9. The Hall–Kier alpha value is -1.34. The Kier molecular flexibility index (Phi) is 10.4. The number of nitrogens with zero attached hydrogens (tertiary/aromatic N) is 1. The number of rotatable bonds is 10. The van der Waals surface area contributed by atoms with E-state index in [2.05, 4.69) is 27.9 Å². The normalized spacial score (nSPS) is 19.4. The molecule has 0 aliphatic carbocycles. The third kappa shape index (κ3) is 9.72. The second-order valence-corrected chi connectivity index (χ2v) is 6.40. The number of ether oxygens (including phenoxy) is 2. The van der Waals surface area contributed by atoms with Crippen molar-refractivity contribution in [2.24, 2.45) is 4.99 Å². The summed E-state index contributed by atoms with van der Waals surface area (Å²) in [6.45, 7) is 11.1. The minimum Gasteiger partial charge on any atom is -0.379 e. The molecule has 0 aromatic carbocycles. The van der Waals surface area contributed by atoms with Gasteiger partial charge < -0.3 is 25.4 Å². The summed E-state index contributed by atoms with van der Waals surface area (Å²) in [5.74, 6) is 0.731. The van der Waals surface area contributed by atoms with Crippen molar-refractivity contribution in [1.82, 2.24) is 16.0 Å². The zero-order valence-corrected chi connectivity index (χ0v) is 15.6. The predicted octanol–water partition coefficient (Wildman–Crippen LogP) is 1.04. The highest BCUT2D eigenvalue weighted by atomic mass is 16.5. The molecular weight excluding hydrogens is 308 g/mol. The highest BCUT2D eigenvalue weighted by Gasteiger charge is 2.22. The first kappa shape index (κ1) is 20.7. The maximum Gasteiger partial charge on any atom is 0.216 e. The van der Waals surface area contributed by atoms with Crippen LogP contribution in [0.1, 0.15) is 47.0 Å². The molecule has 0 bridgehead atoms. The highest BCUT2D eigenvalue weighted by Crippen LogP contribution is 2.15. The largest absolute Gasteiger partial charge is 0.379 e. The van der Waals surface area contributed by atoms with Gasteiger partial charge in [-0.15, -0.1) is 0 Å². The van der Waals surface area contributed by atoms with Gasteiger partial charge in [-0.25, -0.2) is 0 Å². The number of nitrogens with one attached hydrogen (secondary N) is 3. The highest BCUT2D eigenvalue weighted by molar-refractivity contribution is 5.80. The Morgan fingerprint density at radius 3 is 2.67 bits per heavy atom. The van der Waals surface area contributed by atoms with E-state index in [9.17, 15) is 4.79 Å². The molecule has 0 unspecified atom stereocenters. The van der Waals surface area contributed by atoms with Gasteiger partial charge in [0, 0.05) is 39.8 Å². The molecule has 24 heavy (non-hydrogen) atoms. The molecule has 7 nitrogen and oxygen atoms in total. The fourth-order valence-corrected chi connectivity index (χ4v) is 2.45. The number of guanidine groups is 1. The lowest BCUT2D eigenvalue weighted by molar-refractivity contribution is -0.118. The van der Waals surface area contributed by atoms with Crippen molar-refractivity contribution in [3.63, 3.8) is 0 Å². The summed E-state index contributed by atoms with van der Waals surface area (Å²) in [5, 5.41) is 9.43. The van der Waals surface area contributed by atoms with Crippen molar-refractivity contribution in [1.29, 1.82) is 0 Å². The summed E-state index contributed by atoms with van der Waals surface area (Å²) in [5.41, 5.74) is 0. The Balaban J connectivity index is 2.39. The van der Waals surface area contributed by atoms with E-state index in [4.69, 9.17) is 9.47 Å². The summed E-state index contributed by atoms with van der Waals surface area (Å²) in [7, 11) is 0. The topological polar surface area (TPSA) is 84.0 Å². The van der Waals surface area contributed by atoms with Gasteiger partial charge in [-0.3, -0.25) is 9.79 Å². The van der Waals surface area contributed by atoms with E-state index >= 15 is 0 Å². The lowest BCUT2D eigenvalue weighted by Crippen LogP contribution is -2.48. The van der Waals surface area contributed by atoms with Crippen LogP contribution in [0.4, 0.5) is 0 Å². The van der Waals surface area contributed by atoms with Gasteiger partial charge >= 0.3 is 0 Å². The van der Waals surface area contributed by atoms with Crippen LogP contribution in [0.2, 0.25) is 0 Å². The fourth-order valence-electron chi connectivity index (χ4n) is 2.45. The molecule has 0 aromatic rings. The summed E-state index contributed by atoms with van der Waals surface area (Å²) in [6.07, 6.45) is 3.56. The number of hydrogen-bond donors (Lipinski definition) is 3. The van der Waals surface area contributed by atoms with Gasteiger partial charge in [0.05, 0.1) is 18.2 Å². The lowest BCUT2D eigenvalue weighted by Gasteiger charge is -2.23. The molecule has 7 heteroatoms. The zero-order chi connectivity index (χ0) is 17.8. The smallest absolute Gasteiger partial charge is 0.216 e. The van der Waals surface area contributed by atoms with Crippen molar-refractivity contribution < 1.29 is 14.3 Å². The number of aliphatic imine (C=N–C) groups is 1. The molecule has 0 saturated carbocycles. The third-order valence-corrected chi connectivity index (χ3v) is 3.70. The molecule has 1 aliphatic heterocycles. The van der Waals surface area contributed by atoms with Gasteiger partial charge in [0.2, 0.25) is 5.91 Å². The fraction of sp³-hybridized carbons (Fsp3) is 0.882. The van der Waals surface area contributed by atoms with E-state index in [0.717, 1.165) is 31.8 Å². The van der Waals surface area contributed by atoms with Gasteiger partial charge in [0.15, 0.2) is 5.96 Å². The van der Waals surface area contributed by atoms with Crippen LogP contribution in [0.3, 0.4) is 0 Å². The van der Waals surface area contributed by atoms with E-state index in [1.807, 2.05) is 13.8 Å². The molecule has 140 valence electrons. The summed E-state index contributed by atoms with van der Waals surface area (Å²) in [6, 6.07) is 0.200. The molecule has 1 rings (SSSR count). The van der Waals surface area contributed by atoms with E-state index in [-0.39, 0.29) is 24.2 Å². The molecule has 1 aliphatic rings. The number of hydrogen-bond acceptors (Lipinski definition) is 4. The third-order valence-electron chi connectivity index (χ3n) is 3.70. The first-order chi connectivity index (χ1) is 11.5. The molecular formula is C17H34N4O3. The second-order valence-electron chi connectivity index (χ2n) is 6.40. The molecule has 2 atom stereocenters. The molecule has 3 N–H and O–H groups in total. The van der Waals surface area contributed by atoms with Crippen LogP contribution in [0.5, 0.6) is 0 Å². The predicted molar refractivity (Wildman–Crippen MR) is 96.3 cm³/mol. The van der Waals surface area contributed by atoms with Gasteiger partial charge in [-0.05, 0) is 40.0 Å². The van der Waals surface area contributed by atoms with Crippen LogP contribution in [0.25, 0.3) is 0 Å². The van der Waals surface area contributed by atoms with Gasteiger partial charge in [-0.1, -0.05) is 0 Å². The first-order valence-corrected chi connectivity index (χ1v) is 9.01. The molecule has 1 saturated heterocycles. The van der Waals surface area contributed by atoms with E-state index in [1.165, 1.54) is 6.92 Å². The first-order valence-electron chi connectivity index (χ1n) is 9.01.